The predicted octanol–water partition coefficient (Wildman–Crippen LogP) is 4.17. The van der Waals surface area contributed by atoms with Crippen LogP contribution in [-0.4, -0.2) is 11.4 Å². The van der Waals surface area contributed by atoms with Gasteiger partial charge in [-0.2, -0.15) is 0 Å². The molecule has 0 atom stereocenters. The maximum Gasteiger partial charge on any atom is 0.224 e. The van der Waals surface area contributed by atoms with E-state index < -0.39 is 0 Å². The first-order valence-electron chi connectivity index (χ1n) is 8.73. The van der Waals surface area contributed by atoms with Gasteiger partial charge in [-0.25, -0.2) is 0 Å². The van der Waals surface area contributed by atoms with Gasteiger partial charge in [0.25, 0.3) is 0 Å². The Morgan fingerprint density at radius 2 is 1.64 bits per heavy atom. The summed E-state index contributed by atoms with van der Waals surface area (Å²) in [7, 11) is 0. The number of rotatable bonds is 4. The lowest BCUT2D eigenvalue weighted by Gasteiger charge is -2.56. The molecule has 4 saturated carbocycles. The van der Waals surface area contributed by atoms with E-state index in [2.05, 4.69) is 17.4 Å². The zero-order valence-electron chi connectivity index (χ0n) is 13.1. The molecule has 4 bridgehead atoms. The van der Waals surface area contributed by atoms with Crippen molar-refractivity contribution in [2.45, 2.75) is 50.5 Å². The Balaban J connectivity index is 1.35. The molecule has 1 amide bonds. The van der Waals surface area contributed by atoms with Gasteiger partial charge in [0.1, 0.15) is 0 Å². The minimum Gasteiger partial charge on any atom is -0.350 e. The topological polar surface area (TPSA) is 29.1 Å². The molecule has 2 nitrogen and oxygen atoms in total. The largest absolute Gasteiger partial charge is 0.350 e. The first kappa shape index (κ1) is 14.0. The highest BCUT2D eigenvalue weighted by atomic mass is 16.1. The van der Waals surface area contributed by atoms with E-state index in [1.165, 1.54) is 38.5 Å². The maximum absolute atomic E-state index is 12.4. The number of hydrogen-bond donors (Lipinski definition) is 1. The van der Waals surface area contributed by atoms with Gasteiger partial charge in [-0.05, 0) is 61.8 Å². The molecule has 0 saturated heterocycles. The lowest BCUT2D eigenvalue weighted by molar-refractivity contribution is -0.126. The Morgan fingerprint density at radius 1 is 1.05 bits per heavy atom. The smallest absolute Gasteiger partial charge is 0.224 e. The molecule has 1 N–H and O–H groups in total. The van der Waals surface area contributed by atoms with Crippen LogP contribution in [0.15, 0.2) is 36.4 Å². The van der Waals surface area contributed by atoms with Crippen LogP contribution in [0.3, 0.4) is 0 Å². The van der Waals surface area contributed by atoms with Gasteiger partial charge in [-0.1, -0.05) is 42.5 Å². The minimum absolute atomic E-state index is 0.145. The van der Waals surface area contributed by atoms with Crippen LogP contribution in [-0.2, 0) is 4.79 Å². The summed E-state index contributed by atoms with van der Waals surface area (Å²) in [5.41, 5.74) is 1.30. The van der Waals surface area contributed by atoms with E-state index in [4.69, 9.17) is 0 Å². The summed E-state index contributed by atoms with van der Waals surface area (Å²) in [5, 5.41) is 3.42. The zero-order chi connectivity index (χ0) is 15.0. The lowest BCUT2D eigenvalue weighted by Crippen LogP contribution is -2.59. The maximum atomic E-state index is 12.4. The number of benzene rings is 1. The third-order valence-corrected chi connectivity index (χ3v) is 5.86. The molecule has 116 valence electrons. The van der Waals surface area contributed by atoms with E-state index in [0.717, 1.165) is 23.3 Å². The molecule has 0 heterocycles. The monoisotopic (exact) mass is 295 g/mol. The van der Waals surface area contributed by atoms with Crippen LogP contribution in [0.4, 0.5) is 0 Å². The van der Waals surface area contributed by atoms with Crippen molar-refractivity contribution < 1.29 is 4.79 Å². The van der Waals surface area contributed by atoms with Crippen molar-refractivity contribution in [3.63, 3.8) is 0 Å². The minimum atomic E-state index is 0.145. The number of nitrogens with one attached hydrogen (secondary N) is 1. The fourth-order valence-corrected chi connectivity index (χ4v) is 5.48. The molecule has 0 aliphatic heterocycles. The van der Waals surface area contributed by atoms with E-state index in [1.54, 1.807) is 0 Å². The first-order chi connectivity index (χ1) is 10.7. The summed E-state index contributed by atoms with van der Waals surface area (Å²) in [6.07, 6.45) is 12.5. The summed E-state index contributed by atoms with van der Waals surface area (Å²) in [6, 6.07) is 10.2. The second-order valence-electron chi connectivity index (χ2n) is 7.76. The van der Waals surface area contributed by atoms with Gasteiger partial charge in [0.05, 0.1) is 0 Å². The molecule has 4 aliphatic rings. The summed E-state index contributed by atoms with van der Waals surface area (Å²) < 4.78 is 0. The van der Waals surface area contributed by atoms with Gasteiger partial charge in [-0.3, -0.25) is 4.79 Å². The quantitative estimate of drug-likeness (QED) is 0.887. The molecule has 22 heavy (non-hydrogen) atoms. The third-order valence-electron chi connectivity index (χ3n) is 5.86. The fourth-order valence-electron chi connectivity index (χ4n) is 5.48. The van der Waals surface area contributed by atoms with E-state index in [-0.39, 0.29) is 11.4 Å². The number of carbonyl (C=O) groups excluding carboxylic acids is 1. The highest BCUT2D eigenvalue weighted by molar-refractivity contribution is 5.79. The van der Waals surface area contributed by atoms with Crippen LogP contribution in [0.25, 0.3) is 6.08 Å². The van der Waals surface area contributed by atoms with Crippen LogP contribution in [0.5, 0.6) is 0 Å². The van der Waals surface area contributed by atoms with Crippen LogP contribution in [0.1, 0.15) is 50.5 Å². The lowest BCUT2D eigenvalue weighted by atomic mass is 9.53. The van der Waals surface area contributed by atoms with Crippen LogP contribution in [0.2, 0.25) is 0 Å². The average Bonchev–Trinajstić information content (AvgIpc) is 2.46. The van der Waals surface area contributed by atoms with E-state index in [9.17, 15) is 4.79 Å². The number of amides is 1. The summed E-state index contributed by atoms with van der Waals surface area (Å²) >= 11 is 0. The Bertz CT molecular complexity index is 539. The molecule has 1 aromatic carbocycles. The second-order valence-corrected chi connectivity index (χ2v) is 7.76. The molecule has 4 aliphatic carbocycles. The molecule has 0 spiro atoms. The van der Waals surface area contributed by atoms with Crippen LogP contribution in [0, 0.1) is 17.8 Å². The summed E-state index contributed by atoms with van der Waals surface area (Å²) in [4.78, 5) is 12.4. The number of carbonyl (C=O) groups is 1. The second kappa shape index (κ2) is 5.57. The van der Waals surface area contributed by atoms with Gasteiger partial charge >= 0.3 is 0 Å². The van der Waals surface area contributed by atoms with Crippen molar-refractivity contribution in [3.8, 4) is 0 Å². The molecule has 0 radical (unpaired) electrons. The van der Waals surface area contributed by atoms with E-state index in [1.807, 2.05) is 30.4 Å². The molecule has 4 fully saturated rings. The standard InChI is InChI=1S/C20H25NO/c22-19(8-4-7-15-5-2-1-3-6-15)21-20-12-16-9-17(13-20)11-18(10-16)14-20/h1-7,16-18H,8-14H2,(H,21,22)/b7-4+. The highest BCUT2D eigenvalue weighted by Gasteiger charge is 2.51. The zero-order valence-corrected chi connectivity index (χ0v) is 13.1. The van der Waals surface area contributed by atoms with Crippen molar-refractivity contribution in [1.82, 2.24) is 5.32 Å². The normalized spacial score (nSPS) is 35.9. The van der Waals surface area contributed by atoms with Gasteiger partial charge in [0.15, 0.2) is 0 Å². The van der Waals surface area contributed by atoms with Gasteiger partial charge < -0.3 is 5.32 Å². The Kier molecular flexibility index (Phi) is 3.56. The van der Waals surface area contributed by atoms with Crippen molar-refractivity contribution in [2.24, 2.45) is 17.8 Å². The summed E-state index contributed by atoms with van der Waals surface area (Å²) in [5.74, 6) is 2.85. The molecule has 0 unspecified atom stereocenters. The SMILES string of the molecule is O=C(C/C=C/c1ccccc1)NC12CC3CC(CC(C3)C1)C2. The van der Waals surface area contributed by atoms with E-state index in [0.29, 0.717) is 6.42 Å². The molecular formula is C20H25NO. The third kappa shape index (κ3) is 2.84. The first-order valence-corrected chi connectivity index (χ1v) is 8.73. The van der Waals surface area contributed by atoms with Crippen LogP contribution < -0.4 is 5.32 Å². The molecule has 2 heteroatoms. The molecule has 1 aromatic rings. The summed E-state index contributed by atoms with van der Waals surface area (Å²) in [6.45, 7) is 0. The highest BCUT2D eigenvalue weighted by Crippen LogP contribution is 2.55. The van der Waals surface area contributed by atoms with Gasteiger partial charge in [0, 0.05) is 12.0 Å². The van der Waals surface area contributed by atoms with Gasteiger partial charge in [0.2, 0.25) is 5.91 Å². The Labute approximate surface area is 133 Å². The van der Waals surface area contributed by atoms with Crippen molar-refractivity contribution in [1.29, 1.82) is 0 Å². The number of hydrogen-bond acceptors (Lipinski definition) is 1. The Morgan fingerprint density at radius 3 is 2.23 bits per heavy atom. The fraction of sp³-hybridized carbons (Fsp3) is 0.550. The van der Waals surface area contributed by atoms with Crippen LogP contribution >= 0.6 is 0 Å². The molecule has 0 aromatic heterocycles. The Hall–Kier alpha value is -1.57. The van der Waals surface area contributed by atoms with Crippen molar-refractivity contribution >= 4 is 12.0 Å². The molecular weight excluding hydrogens is 270 g/mol. The predicted molar refractivity (Wildman–Crippen MR) is 89.1 cm³/mol. The van der Waals surface area contributed by atoms with Crippen molar-refractivity contribution in [2.75, 3.05) is 0 Å². The van der Waals surface area contributed by atoms with E-state index >= 15 is 0 Å². The molecule has 5 rings (SSSR count). The van der Waals surface area contributed by atoms with Crippen molar-refractivity contribution in [3.05, 3.63) is 42.0 Å². The van der Waals surface area contributed by atoms with Gasteiger partial charge in [-0.15, -0.1) is 0 Å². The average molecular weight is 295 g/mol.